The molecule has 0 fully saturated rings. The molecule has 5 heteroatoms. The molecule has 126 valence electrons. The number of furan rings is 1. The SMILES string of the molecule is CCOC(=O)c1cccc(N=Cc2ccc(-c3cccc(F)c3)o2)c1. The molecule has 3 aromatic rings. The minimum absolute atomic E-state index is 0.320. The van der Waals surface area contributed by atoms with Crippen LogP contribution in [0.5, 0.6) is 0 Å². The van der Waals surface area contributed by atoms with Gasteiger partial charge < -0.3 is 9.15 Å². The van der Waals surface area contributed by atoms with Crippen LogP contribution < -0.4 is 0 Å². The number of hydrogen-bond acceptors (Lipinski definition) is 4. The third kappa shape index (κ3) is 4.20. The predicted octanol–water partition coefficient (Wildman–Crippen LogP) is 5.01. The first kappa shape index (κ1) is 16.6. The molecule has 3 rings (SSSR count). The van der Waals surface area contributed by atoms with Crippen molar-refractivity contribution in [3.8, 4) is 11.3 Å². The molecule has 2 aromatic carbocycles. The molecule has 0 N–H and O–H groups in total. The molecular formula is C20H16FNO3. The Morgan fingerprint density at radius 1 is 1.16 bits per heavy atom. The lowest BCUT2D eigenvalue weighted by atomic mass is 10.2. The van der Waals surface area contributed by atoms with Gasteiger partial charge in [-0.05, 0) is 49.4 Å². The summed E-state index contributed by atoms with van der Waals surface area (Å²) in [7, 11) is 0. The number of nitrogens with zero attached hydrogens (tertiary/aromatic N) is 1. The number of carbonyl (C=O) groups excluding carboxylic acids is 1. The maximum atomic E-state index is 13.3. The number of ether oxygens (including phenoxy) is 1. The standard InChI is InChI=1S/C20H16FNO3/c1-2-24-20(23)15-6-4-8-17(12-15)22-13-18-9-10-19(25-18)14-5-3-7-16(21)11-14/h3-13H,2H2,1H3. The zero-order valence-corrected chi connectivity index (χ0v) is 13.6. The second-order valence-corrected chi connectivity index (χ2v) is 5.24. The topological polar surface area (TPSA) is 51.8 Å². The Labute approximate surface area is 144 Å². The second kappa shape index (κ2) is 7.57. The highest BCUT2D eigenvalue weighted by Gasteiger charge is 2.07. The summed E-state index contributed by atoms with van der Waals surface area (Å²) in [5.74, 6) is 0.382. The van der Waals surface area contributed by atoms with Gasteiger partial charge in [-0.15, -0.1) is 0 Å². The van der Waals surface area contributed by atoms with Crippen molar-refractivity contribution >= 4 is 17.9 Å². The summed E-state index contributed by atoms with van der Waals surface area (Å²) < 4.78 is 23.9. The number of hydrogen-bond donors (Lipinski definition) is 0. The van der Waals surface area contributed by atoms with Crippen LogP contribution in [0.3, 0.4) is 0 Å². The van der Waals surface area contributed by atoms with E-state index < -0.39 is 0 Å². The summed E-state index contributed by atoms with van der Waals surface area (Å²) in [5, 5.41) is 0. The molecule has 0 atom stereocenters. The molecule has 0 spiro atoms. The van der Waals surface area contributed by atoms with E-state index in [1.165, 1.54) is 12.1 Å². The fourth-order valence-corrected chi connectivity index (χ4v) is 2.28. The minimum atomic E-state index is -0.383. The van der Waals surface area contributed by atoms with Crippen molar-refractivity contribution in [2.24, 2.45) is 4.99 Å². The van der Waals surface area contributed by atoms with E-state index in [4.69, 9.17) is 9.15 Å². The van der Waals surface area contributed by atoms with Gasteiger partial charge in [-0.25, -0.2) is 9.18 Å². The van der Waals surface area contributed by atoms with E-state index in [0.29, 0.717) is 34.9 Å². The van der Waals surface area contributed by atoms with Gasteiger partial charge in [0.1, 0.15) is 17.3 Å². The molecule has 0 amide bonds. The van der Waals surface area contributed by atoms with E-state index in [0.717, 1.165) is 0 Å². The van der Waals surface area contributed by atoms with Crippen LogP contribution in [0.25, 0.3) is 11.3 Å². The van der Waals surface area contributed by atoms with E-state index in [1.54, 1.807) is 61.7 Å². The Balaban J connectivity index is 1.77. The molecule has 4 nitrogen and oxygen atoms in total. The highest BCUT2D eigenvalue weighted by molar-refractivity contribution is 5.90. The summed E-state index contributed by atoms with van der Waals surface area (Å²) in [6, 6.07) is 16.5. The highest BCUT2D eigenvalue weighted by Crippen LogP contribution is 2.23. The van der Waals surface area contributed by atoms with E-state index in [2.05, 4.69) is 4.99 Å². The molecular weight excluding hydrogens is 321 g/mol. The molecule has 25 heavy (non-hydrogen) atoms. The highest BCUT2D eigenvalue weighted by atomic mass is 19.1. The number of esters is 1. The van der Waals surface area contributed by atoms with Crippen LogP contribution >= 0.6 is 0 Å². The average molecular weight is 337 g/mol. The monoisotopic (exact) mass is 337 g/mol. The van der Waals surface area contributed by atoms with Gasteiger partial charge in [-0.3, -0.25) is 4.99 Å². The lowest BCUT2D eigenvalue weighted by Gasteiger charge is -2.01. The third-order valence-corrected chi connectivity index (χ3v) is 3.43. The first-order chi connectivity index (χ1) is 12.2. The van der Waals surface area contributed by atoms with Gasteiger partial charge in [0.15, 0.2) is 0 Å². The lowest BCUT2D eigenvalue weighted by molar-refractivity contribution is 0.0526. The van der Waals surface area contributed by atoms with Crippen LogP contribution in [0.1, 0.15) is 23.0 Å². The largest absolute Gasteiger partial charge is 0.462 e. The summed E-state index contributed by atoms with van der Waals surface area (Å²) in [5.41, 5.74) is 1.70. The molecule has 0 aliphatic carbocycles. The number of rotatable bonds is 5. The molecule has 0 radical (unpaired) electrons. The Bertz CT molecular complexity index is 915. The first-order valence-corrected chi connectivity index (χ1v) is 7.83. The van der Waals surface area contributed by atoms with Gasteiger partial charge in [-0.2, -0.15) is 0 Å². The number of carbonyl (C=O) groups is 1. The predicted molar refractivity (Wildman–Crippen MR) is 93.8 cm³/mol. The molecule has 0 unspecified atom stereocenters. The zero-order chi connectivity index (χ0) is 17.6. The molecule has 0 aliphatic heterocycles. The Kier molecular flexibility index (Phi) is 5.04. The van der Waals surface area contributed by atoms with Crippen LogP contribution in [0.2, 0.25) is 0 Å². The average Bonchev–Trinajstić information content (AvgIpc) is 3.09. The smallest absolute Gasteiger partial charge is 0.338 e. The van der Waals surface area contributed by atoms with Gasteiger partial charge in [0.2, 0.25) is 0 Å². The molecule has 0 saturated carbocycles. The quantitative estimate of drug-likeness (QED) is 0.485. The van der Waals surface area contributed by atoms with Crippen molar-refractivity contribution in [1.82, 2.24) is 0 Å². The minimum Gasteiger partial charge on any atom is -0.462 e. The van der Waals surface area contributed by atoms with Gasteiger partial charge in [0, 0.05) is 5.56 Å². The normalized spacial score (nSPS) is 11.0. The molecule has 0 saturated heterocycles. The fraction of sp³-hybridized carbons (Fsp3) is 0.100. The van der Waals surface area contributed by atoms with Crippen molar-refractivity contribution in [3.05, 3.63) is 77.8 Å². The van der Waals surface area contributed by atoms with Crippen LogP contribution in [0.15, 0.2) is 70.1 Å². The van der Waals surface area contributed by atoms with Gasteiger partial charge in [0.25, 0.3) is 0 Å². The summed E-state index contributed by atoms with van der Waals surface area (Å²) in [4.78, 5) is 16.0. The maximum Gasteiger partial charge on any atom is 0.338 e. The van der Waals surface area contributed by atoms with Crippen LogP contribution in [0.4, 0.5) is 10.1 Å². The van der Waals surface area contributed by atoms with Gasteiger partial charge >= 0.3 is 5.97 Å². The lowest BCUT2D eigenvalue weighted by Crippen LogP contribution is -2.03. The molecule has 1 heterocycles. The Hall–Kier alpha value is -3.21. The summed E-state index contributed by atoms with van der Waals surface area (Å²) in [6.45, 7) is 2.08. The van der Waals surface area contributed by atoms with Crippen molar-refractivity contribution in [2.45, 2.75) is 6.92 Å². The number of benzene rings is 2. The van der Waals surface area contributed by atoms with E-state index in [1.807, 2.05) is 0 Å². The van der Waals surface area contributed by atoms with Crippen LogP contribution in [0, 0.1) is 5.82 Å². The van der Waals surface area contributed by atoms with Crippen LogP contribution in [-0.4, -0.2) is 18.8 Å². The van der Waals surface area contributed by atoms with E-state index in [-0.39, 0.29) is 11.8 Å². The first-order valence-electron chi connectivity index (χ1n) is 7.83. The van der Waals surface area contributed by atoms with Gasteiger partial charge in [-0.1, -0.05) is 18.2 Å². The van der Waals surface area contributed by atoms with Crippen LogP contribution in [-0.2, 0) is 4.74 Å². The molecule has 0 aliphatic rings. The Morgan fingerprint density at radius 2 is 2.00 bits per heavy atom. The van der Waals surface area contributed by atoms with Crippen molar-refractivity contribution in [1.29, 1.82) is 0 Å². The summed E-state index contributed by atoms with van der Waals surface area (Å²) >= 11 is 0. The van der Waals surface area contributed by atoms with E-state index in [9.17, 15) is 9.18 Å². The second-order valence-electron chi connectivity index (χ2n) is 5.24. The third-order valence-electron chi connectivity index (χ3n) is 3.43. The Morgan fingerprint density at radius 3 is 2.80 bits per heavy atom. The van der Waals surface area contributed by atoms with Crippen molar-refractivity contribution in [2.75, 3.05) is 6.61 Å². The maximum absolute atomic E-state index is 13.3. The fourth-order valence-electron chi connectivity index (χ4n) is 2.28. The number of aliphatic imine (C=N–C) groups is 1. The summed E-state index contributed by atoms with van der Waals surface area (Å²) in [6.07, 6.45) is 1.55. The zero-order valence-electron chi connectivity index (χ0n) is 13.6. The molecule has 0 bridgehead atoms. The van der Waals surface area contributed by atoms with Crippen molar-refractivity contribution in [3.63, 3.8) is 0 Å². The number of halogens is 1. The van der Waals surface area contributed by atoms with E-state index >= 15 is 0 Å². The van der Waals surface area contributed by atoms with Crippen molar-refractivity contribution < 1.29 is 18.3 Å². The molecule has 1 aromatic heterocycles. The van der Waals surface area contributed by atoms with Gasteiger partial charge in [0.05, 0.1) is 24.1 Å².